The van der Waals surface area contributed by atoms with Crippen molar-refractivity contribution in [1.82, 2.24) is 0 Å². The van der Waals surface area contributed by atoms with E-state index in [1.54, 1.807) is 26.8 Å². The molecule has 0 aromatic carbocycles. The molecule has 1 unspecified atom stereocenters. The van der Waals surface area contributed by atoms with Gasteiger partial charge in [-0.15, -0.1) is 0 Å². The minimum atomic E-state index is -1.04. The summed E-state index contributed by atoms with van der Waals surface area (Å²) in [5.41, 5.74) is -1.13. The highest BCUT2D eigenvalue weighted by molar-refractivity contribution is 5.85. The molecular weight excluding hydrogens is 784 g/mol. The van der Waals surface area contributed by atoms with Crippen LogP contribution >= 0.6 is 0 Å². The molecule has 3 saturated heterocycles. The van der Waals surface area contributed by atoms with E-state index in [1.165, 1.54) is 0 Å². The Hall–Kier alpha value is -1.96. The lowest BCUT2D eigenvalue weighted by Gasteiger charge is -2.65. The molecule has 0 bridgehead atoms. The fourth-order valence-corrected chi connectivity index (χ4v) is 13.2. The number of hydrogen-bond donors (Lipinski definition) is 5. The van der Waals surface area contributed by atoms with Gasteiger partial charge in [-0.1, -0.05) is 13.8 Å². The van der Waals surface area contributed by atoms with E-state index in [2.05, 4.69) is 6.92 Å². The second kappa shape index (κ2) is 17.2. The standard InChI is InChI=1S/C44H68O16/c1-7-52-41(51)60-44-13-11-27(24-14-34(48)53-20-24)43(44,6)33(47)16-29-28(44)9-8-25-15-26(10-12-42(25,29)5)57-37-19-32(58-35-17-30(45)38(49)21(2)54-35)40(23(4)56-37)59-36-18-31(46)39(50)22(3)55-36/h14,21-23,25-33,35-40,45-47,49-50H,7-13,15-20H2,1-6H3/t21-,22-,23-,25-,26+,27-,28-,29+,30+,31+,32+,33-,35-,36-,37-,38-,39-,40-,42+,43+,44?/m1/s1. The average molecular weight is 853 g/mol. The van der Waals surface area contributed by atoms with Crippen molar-refractivity contribution in [3.63, 3.8) is 0 Å². The number of ether oxygens (including phenoxy) is 9. The van der Waals surface area contributed by atoms with E-state index in [-0.39, 0.29) is 73.6 Å². The smallest absolute Gasteiger partial charge is 0.458 e. The van der Waals surface area contributed by atoms with Gasteiger partial charge in [-0.2, -0.15) is 0 Å². The number of fused-ring (bicyclic) bond motifs is 5. The van der Waals surface area contributed by atoms with Gasteiger partial charge in [-0.05, 0) is 108 Å². The summed E-state index contributed by atoms with van der Waals surface area (Å²) in [7, 11) is 0. The molecule has 340 valence electrons. The molecule has 8 rings (SSSR count). The third-order valence-corrected chi connectivity index (χ3v) is 16.5. The van der Waals surface area contributed by atoms with E-state index >= 15 is 0 Å². The van der Waals surface area contributed by atoms with Crippen LogP contribution in [0.25, 0.3) is 0 Å². The Labute approximate surface area is 352 Å². The minimum absolute atomic E-state index is 0.0140. The summed E-state index contributed by atoms with van der Waals surface area (Å²) >= 11 is 0. The molecule has 16 heteroatoms. The van der Waals surface area contributed by atoms with Gasteiger partial charge in [0.1, 0.15) is 30.5 Å². The summed E-state index contributed by atoms with van der Waals surface area (Å²) in [6.45, 7) is 11.7. The first kappa shape index (κ1) is 44.6. The van der Waals surface area contributed by atoms with Crippen LogP contribution in [0.2, 0.25) is 0 Å². The Morgan fingerprint density at radius 1 is 0.767 bits per heavy atom. The maximum absolute atomic E-state index is 13.3. The van der Waals surface area contributed by atoms with Gasteiger partial charge in [0.2, 0.25) is 0 Å². The van der Waals surface area contributed by atoms with E-state index in [0.29, 0.717) is 19.3 Å². The zero-order valence-electron chi connectivity index (χ0n) is 35.9. The predicted molar refractivity (Wildman–Crippen MR) is 208 cm³/mol. The third-order valence-electron chi connectivity index (χ3n) is 16.5. The van der Waals surface area contributed by atoms with Crippen LogP contribution in [0, 0.1) is 34.5 Å². The van der Waals surface area contributed by atoms with Crippen molar-refractivity contribution in [2.45, 2.75) is 204 Å². The molecule has 4 aliphatic heterocycles. The second-order valence-corrected chi connectivity index (χ2v) is 19.6. The first-order valence-corrected chi connectivity index (χ1v) is 22.5. The molecule has 5 N–H and O–H groups in total. The molecular formula is C44H68O16. The Morgan fingerprint density at radius 2 is 1.42 bits per heavy atom. The summed E-state index contributed by atoms with van der Waals surface area (Å²) in [6.07, 6.45) is -3.37. The van der Waals surface area contributed by atoms with Crippen LogP contribution in [0.5, 0.6) is 0 Å². The molecule has 60 heavy (non-hydrogen) atoms. The maximum Gasteiger partial charge on any atom is 0.508 e. The van der Waals surface area contributed by atoms with E-state index < -0.39 is 97.1 Å². The predicted octanol–water partition coefficient (Wildman–Crippen LogP) is 3.40. The molecule has 4 saturated carbocycles. The normalized spacial score (nSPS) is 51.7. The van der Waals surface area contributed by atoms with Crippen LogP contribution in [0.4, 0.5) is 4.79 Å². The Morgan fingerprint density at radius 3 is 2.05 bits per heavy atom. The molecule has 7 fully saturated rings. The number of rotatable bonds is 9. The number of aliphatic hydroxyl groups is 5. The highest BCUT2D eigenvalue weighted by Gasteiger charge is 2.73. The minimum Gasteiger partial charge on any atom is -0.458 e. The first-order valence-electron chi connectivity index (χ1n) is 22.5. The van der Waals surface area contributed by atoms with Gasteiger partial charge in [0.15, 0.2) is 18.9 Å². The summed E-state index contributed by atoms with van der Waals surface area (Å²) in [5.74, 6) is -0.226. The van der Waals surface area contributed by atoms with E-state index in [1.807, 2.05) is 13.8 Å². The zero-order chi connectivity index (χ0) is 42.9. The van der Waals surface area contributed by atoms with Crippen LogP contribution < -0.4 is 0 Å². The fraction of sp³-hybridized carbons (Fsp3) is 0.909. The van der Waals surface area contributed by atoms with Gasteiger partial charge in [0.05, 0.1) is 55.4 Å². The first-order chi connectivity index (χ1) is 28.5. The molecule has 0 amide bonds. The quantitative estimate of drug-likeness (QED) is 0.166. The van der Waals surface area contributed by atoms with Crippen molar-refractivity contribution in [2.24, 2.45) is 34.5 Å². The van der Waals surface area contributed by atoms with Crippen LogP contribution in [-0.4, -0.2) is 142 Å². The van der Waals surface area contributed by atoms with Gasteiger partial charge < -0.3 is 68.2 Å². The van der Waals surface area contributed by atoms with E-state index in [4.69, 9.17) is 42.6 Å². The van der Waals surface area contributed by atoms with E-state index in [0.717, 1.165) is 37.7 Å². The molecule has 0 aromatic rings. The van der Waals surface area contributed by atoms with Crippen LogP contribution in [-0.2, 0) is 47.4 Å². The molecule has 4 aliphatic carbocycles. The van der Waals surface area contributed by atoms with Crippen molar-refractivity contribution in [3.8, 4) is 0 Å². The van der Waals surface area contributed by atoms with Gasteiger partial charge in [0.25, 0.3) is 0 Å². The van der Waals surface area contributed by atoms with Crippen molar-refractivity contribution < 1.29 is 77.8 Å². The third kappa shape index (κ3) is 7.85. The lowest BCUT2D eigenvalue weighted by molar-refractivity contribution is -0.344. The lowest BCUT2D eigenvalue weighted by atomic mass is 9.42. The summed E-state index contributed by atoms with van der Waals surface area (Å²) < 4.78 is 55.3. The van der Waals surface area contributed by atoms with Crippen molar-refractivity contribution >= 4 is 12.1 Å². The average Bonchev–Trinajstić information content (AvgIpc) is 3.75. The van der Waals surface area contributed by atoms with Gasteiger partial charge >= 0.3 is 12.1 Å². The van der Waals surface area contributed by atoms with Gasteiger partial charge in [0, 0.05) is 36.7 Å². The second-order valence-electron chi connectivity index (χ2n) is 19.6. The molecule has 0 spiro atoms. The molecule has 16 nitrogen and oxygen atoms in total. The van der Waals surface area contributed by atoms with Crippen molar-refractivity contribution in [2.75, 3.05) is 13.2 Å². The molecule has 0 radical (unpaired) electrons. The Balaban J connectivity index is 0.974. The van der Waals surface area contributed by atoms with Gasteiger partial charge in [-0.3, -0.25) is 0 Å². The Kier molecular flexibility index (Phi) is 12.8. The molecule has 0 aromatic heterocycles. The number of aliphatic hydroxyl groups excluding tert-OH is 5. The summed E-state index contributed by atoms with van der Waals surface area (Å²) in [6, 6.07) is 0. The monoisotopic (exact) mass is 852 g/mol. The number of esters is 1. The van der Waals surface area contributed by atoms with Crippen LogP contribution in [0.3, 0.4) is 0 Å². The largest absolute Gasteiger partial charge is 0.508 e. The number of carbonyl (C=O) groups excluding carboxylic acids is 2. The molecule has 8 aliphatic rings. The van der Waals surface area contributed by atoms with E-state index in [9.17, 15) is 35.1 Å². The summed E-state index contributed by atoms with van der Waals surface area (Å²) in [4.78, 5) is 25.5. The maximum atomic E-state index is 13.3. The number of hydrogen-bond acceptors (Lipinski definition) is 16. The highest BCUT2D eigenvalue weighted by Crippen LogP contribution is 2.71. The Bertz CT molecular complexity index is 1570. The van der Waals surface area contributed by atoms with Crippen LogP contribution in [0.1, 0.15) is 112 Å². The molecule has 21 atom stereocenters. The summed E-state index contributed by atoms with van der Waals surface area (Å²) in [5, 5.41) is 53.9. The molecule has 4 heterocycles. The van der Waals surface area contributed by atoms with Crippen LogP contribution in [0.15, 0.2) is 11.6 Å². The van der Waals surface area contributed by atoms with Gasteiger partial charge in [-0.25, -0.2) is 9.59 Å². The zero-order valence-corrected chi connectivity index (χ0v) is 35.9. The highest BCUT2D eigenvalue weighted by atomic mass is 16.8. The van der Waals surface area contributed by atoms with Crippen molar-refractivity contribution in [3.05, 3.63) is 11.6 Å². The number of cyclic esters (lactones) is 1. The fourth-order valence-electron chi connectivity index (χ4n) is 13.2. The van der Waals surface area contributed by atoms with Crippen molar-refractivity contribution in [1.29, 1.82) is 0 Å². The lowest BCUT2D eigenvalue weighted by Crippen LogP contribution is -2.68. The topological polar surface area (TPSA) is 218 Å². The number of carbonyl (C=O) groups is 2. The SMILES string of the molecule is CCOC(=O)OC12CC[C@H](C3=CC(=O)OC3)[C@@]1(C)[C@H](O)C[C@H]1[C@H]2CC[C@@H]2C[C@@H](O[C@@H]3C[C@H](O[C@@H]4C[C@H](O)[C@H](O)[C@@H](C)O4)[C@H](O[C@@H]4C[C@H](O)[C@H](O)[C@@H](C)O4)[C@@H](C)O3)CC[C@@]21C.